The second-order valence-electron chi connectivity index (χ2n) is 9.10. The lowest BCUT2D eigenvalue weighted by Crippen LogP contribution is -2.52. The first-order valence-corrected chi connectivity index (χ1v) is 14.9. The van der Waals surface area contributed by atoms with Gasteiger partial charge in [-0.05, 0) is 56.2 Å². The maximum atomic E-state index is 14.0. The molecule has 2 amide bonds. The minimum absolute atomic E-state index is 0.0480. The number of rotatable bonds is 12. The molecule has 0 saturated heterocycles. The van der Waals surface area contributed by atoms with Gasteiger partial charge in [0, 0.05) is 28.7 Å². The first kappa shape index (κ1) is 30.5. The Morgan fingerprint density at radius 1 is 0.897 bits per heavy atom. The lowest BCUT2D eigenvalue weighted by molar-refractivity contribution is -0.140. The molecule has 1 N–H and O–H groups in total. The Morgan fingerprint density at radius 2 is 1.51 bits per heavy atom. The molecule has 0 heterocycles. The molecule has 0 aliphatic carbocycles. The van der Waals surface area contributed by atoms with Crippen molar-refractivity contribution in [3.05, 3.63) is 94.0 Å². The number of anilines is 1. The number of sulfonamides is 1. The molecule has 0 aromatic heterocycles. The third-order valence-corrected chi connectivity index (χ3v) is 8.75. The van der Waals surface area contributed by atoms with Crippen molar-refractivity contribution in [3.63, 3.8) is 0 Å². The van der Waals surface area contributed by atoms with Gasteiger partial charge in [-0.3, -0.25) is 13.9 Å². The number of hydrogen-bond acceptors (Lipinski definition) is 4. The zero-order valence-electron chi connectivity index (χ0n) is 22.2. The molecule has 0 radical (unpaired) electrons. The van der Waals surface area contributed by atoms with Gasteiger partial charge in [-0.2, -0.15) is 0 Å². The quantitative estimate of drug-likeness (QED) is 0.288. The van der Waals surface area contributed by atoms with Crippen LogP contribution in [0.5, 0.6) is 0 Å². The van der Waals surface area contributed by atoms with E-state index in [0.29, 0.717) is 34.3 Å². The van der Waals surface area contributed by atoms with Gasteiger partial charge >= 0.3 is 0 Å². The minimum Gasteiger partial charge on any atom is -0.354 e. The van der Waals surface area contributed by atoms with E-state index in [4.69, 9.17) is 23.2 Å². The van der Waals surface area contributed by atoms with Crippen molar-refractivity contribution in [3.8, 4) is 0 Å². The summed E-state index contributed by atoms with van der Waals surface area (Å²) in [7, 11) is -4.12. The highest BCUT2D eigenvalue weighted by molar-refractivity contribution is 7.92. The Hall–Kier alpha value is -3.07. The lowest BCUT2D eigenvalue weighted by atomic mass is 10.1. The lowest BCUT2D eigenvalue weighted by Gasteiger charge is -2.33. The van der Waals surface area contributed by atoms with Crippen LogP contribution in [0.2, 0.25) is 10.0 Å². The highest BCUT2D eigenvalue weighted by atomic mass is 35.5. The Balaban J connectivity index is 2.07. The van der Waals surface area contributed by atoms with Crippen molar-refractivity contribution >= 4 is 50.7 Å². The molecular formula is C29H33Cl2N3O4S. The third-order valence-electron chi connectivity index (χ3n) is 6.26. The molecule has 3 aromatic carbocycles. The van der Waals surface area contributed by atoms with E-state index >= 15 is 0 Å². The van der Waals surface area contributed by atoms with Gasteiger partial charge in [-0.1, -0.05) is 79.0 Å². The zero-order valence-corrected chi connectivity index (χ0v) is 24.6. The first-order valence-electron chi connectivity index (χ1n) is 12.7. The van der Waals surface area contributed by atoms with Crippen LogP contribution in [0.1, 0.15) is 37.8 Å². The van der Waals surface area contributed by atoms with Crippen molar-refractivity contribution in [2.45, 2.75) is 51.1 Å². The topological polar surface area (TPSA) is 86.8 Å². The van der Waals surface area contributed by atoms with Crippen LogP contribution in [-0.4, -0.2) is 44.3 Å². The number of nitrogens with zero attached hydrogens (tertiary/aromatic N) is 2. The first-order chi connectivity index (χ1) is 18.6. The van der Waals surface area contributed by atoms with Crippen LogP contribution < -0.4 is 9.62 Å². The smallest absolute Gasteiger partial charge is 0.264 e. The average molecular weight is 591 g/mol. The van der Waals surface area contributed by atoms with E-state index < -0.39 is 28.5 Å². The fraction of sp³-hybridized carbons (Fsp3) is 0.310. The zero-order chi connectivity index (χ0) is 28.6. The maximum absolute atomic E-state index is 14.0. The summed E-state index contributed by atoms with van der Waals surface area (Å²) in [6.45, 7) is 5.47. The van der Waals surface area contributed by atoms with Gasteiger partial charge in [-0.25, -0.2) is 8.42 Å². The predicted octanol–water partition coefficient (Wildman–Crippen LogP) is 5.83. The van der Waals surface area contributed by atoms with Gasteiger partial charge in [0.1, 0.15) is 12.6 Å². The van der Waals surface area contributed by atoms with Gasteiger partial charge in [0.25, 0.3) is 10.0 Å². The Kier molecular flexibility index (Phi) is 10.8. The van der Waals surface area contributed by atoms with E-state index in [2.05, 4.69) is 5.32 Å². The predicted molar refractivity (Wildman–Crippen MR) is 157 cm³/mol. The van der Waals surface area contributed by atoms with Crippen molar-refractivity contribution in [2.24, 2.45) is 0 Å². The second-order valence-corrected chi connectivity index (χ2v) is 11.8. The fourth-order valence-corrected chi connectivity index (χ4v) is 6.05. The third kappa shape index (κ3) is 7.53. The number of benzene rings is 3. The summed E-state index contributed by atoms with van der Waals surface area (Å²) in [4.78, 5) is 28.6. The number of amides is 2. The molecule has 208 valence electrons. The van der Waals surface area contributed by atoms with E-state index in [-0.39, 0.29) is 17.3 Å². The van der Waals surface area contributed by atoms with Crippen molar-refractivity contribution in [1.29, 1.82) is 0 Å². The van der Waals surface area contributed by atoms with E-state index in [1.54, 1.807) is 67.6 Å². The Labute approximate surface area is 240 Å². The van der Waals surface area contributed by atoms with E-state index in [1.807, 2.05) is 13.8 Å². The highest BCUT2D eigenvalue weighted by Gasteiger charge is 2.34. The standard InChI is InChI=1S/C29H33Cl2N3O4S/c1-4-18-32-29(36)27(5-2)33(19-24-25(30)12-9-13-26(24)31)28(35)20-34(22-16-14-21(3)15-17-22)39(37,38)23-10-7-6-8-11-23/h6-17,27H,4-5,18-20H2,1-3H3,(H,32,36)/t27-/m1/s1. The van der Waals surface area contributed by atoms with Gasteiger partial charge in [0.2, 0.25) is 11.8 Å². The molecule has 0 bridgehead atoms. The minimum atomic E-state index is -4.12. The van der Waals surface area contributed by atoms with Gasteiger partial charge < -0.3 is 10.2 Å². The summed E-state index contributed by atoms with van der Waals surface area (Å²) in [5.41, 5.74) is 1.75. The molecule has 0 aliphatic heterocycles. The molecule has 0 fully saturated rings. The summed E-state index contributed by atoms with van der Waals surface area (Å²) < 4.78 is 28.7. The van der Waals surface area contributed by atoms with Crippen LogP contribution in [0.25, 0.3) is 0 Å². The average Bonchev–Trinajstić information content (AvgIpc) is 2.92. The Bertz CT molecular complexity index is 1360. The van der Waals surface area contributed by atoms with Crippen molar-refractivity contribution in [1.82, 2.24) is 10.2 Å². The van der Waals surface area contributed by atoms with Gasteiger partial charge in [0.15, 0.2) is 0 Å². The summed E-state index contributed by atoms with van der Waals surface area (Å²) in [6, 6.07) is 18.9. The molecule has 7 nitrogen and oxygen atoms in total. The molecule has 0 spiro atoms. The van der Waals surface area contributed by atoms with Crippen molar-refractivity contribution < 1.29 is 18.0 Å². The summed E-state index contributed by atoms with van der Waals surface area (Å²) >= 11 is 12.9. The maximum Gasteiger partial charge on any atom is 0.264 e. The molecule has 39 heavy (non-hydrogen) atoms. The summed E-state index contributed by atoms with van der Waals surface area (Å²) in [5, 5.41) is 3.54. The molecule has 1 atom stereocenters. The monoisotopic (exact) mass is 589 g/mol. The SMILES string of the molecule is CCCNC(=O)[C@@H](CC)N(Cc1c(Cl)cccc1Cl)C(=O)CN(c1ccc(C)cc1)S(=O)(=O)c1ccccc1. The molecule has 3 rings (SSSR count). The van der Waals surface area contributed by atoms with Crippen LogP contribution in [0.4, 0.5) is 5.69 Å². The number of carbonyl (C=O) groups excluding carboxylic acids is 2. The number of halogens is 2. The van der Waals surface area contributed by atoms with Gasteiger partial charge in [-0.15, -0.1) is 0 Å². The number of aryl methyl sites for hydroxylation is 1. The summed E-state index contributed by atoms with van der Waals surface area (Å²) in [5.74, 6) is -0.895. The molecule has 0 unspecified atom stereocenters. The van der Waals surface area contributed by atoms with Crippen molar-refractivity contribution in [2.75, 3.05) is 17.4 Å². The van der Waals surface area contributed by atoms with Gasteiger partial charge in [0.05, 0.1) is 10.6 Å². The van der Waals surface area contributed by atoms with E-state index in [1.165, 1.54) is 17.0 Å². The van der Waals surface area contributed by atoms with Crippen LogP contribution in [0, 0.1) is 6.92 Å². The van der Waals surface area contributed by atoms with Crippen LogP contribution in [0.15, 0.2) is 77.7 Å². The van der Waals surface area contributed by atoms with E-state index in [9.17, 15) is 18.0 Å². The molecule has 3 aromatic rings. The second kappa shape index (κ2) is 13.8. The molecule has 0 aliphatic rings. The van der Waals surface area contributed by atoms with Crippen LogP contribution >= 0.6 is 23.2 Å². The highest BCUT2D eigenvalue weighted by Crippen LogP contribution is 2.29. The number of carbonyl (C=O) groups is 2. The van der Waals surface area contributed by atoms with Crippen LogP contribution in [0.3, 0.4) is 0 Å². The van der Waals surface area contributed by atoms with E-state index in [0.717, 1.165) is 16.3 Å². The van der Waals surface area contributed by atoms with Crippen LogP contribution in [-0.2, 0) is 26.2 Å². The Morgan fingerprint density at radius 3 is 2.08 bits per heavy atom. The normalized spacial score (nSPS) is 12.0. The summed E-state index contributed by atoms with van der Waals surface area (Å²) in [6.07, 6.45) is 1.03. The number of hydrogen-bond donors (Lipinski definition) is 1. The number of nitrogens with one attached hydrogen (secondary N) is 1. The molecule has 10 heteroatoms. The molecule has 0 saturated carbocycles. The fourth-order valence-electron chi connectivity index (χ4n) is 4.10. The largest absolute Gasteiger partial charge is 0.354 e. The molecular weight excluding hydrogens is 557 g/mol.